The van der Waals surface area contributed by atoms with Crippen molar-refractivity contribution < 1.29 is 22.7 Å². The zero-order valence-corrected chi connectivity index (χ0v) is 17.7. The second-order valence-corrected chi connectivity index (χ2v) is 7.86. The monoisotopic (exact) mass is 441 g/mol. The summed E-state index contributed by atoms with van der Waals surface area (Å²) >= 11 is 0. The van der Waals surface area contributed by atoms with Gasteiger partial charge in [0.1, 0.15) is 12.2 Å². The second-order valence-electron chi connectivity index (χ2n) is 7.86. The highest BCUT2D eigenvalue weighted by molar-refractivity contribution is 5.81. The topological polar surface area (TPSA) is 78.9 Å². The van der Waals surface area contributed by atoms with Crippen LogP contribution in [0.4, 0.5) is 13.2 Å². The van der Waals surface area contributed by atoms with Crippen molar-refractivity contribution in [2.45, 2.75) is 51.2 Å². The highest BCUT2D eigenvalue weighted by Crippen LogP contribution is 2.34. The van der Waals surface area contributed by atoms with Crippen LogP contribution in [0.25, 0.3) is 0 Å². The Bertz CT molecular complexity index is 766. The van der Waals surface area contributed by atoms with Crippen molar-refractivity contribution in [3.63, 3.8) is 0 Å². The molecule has 1 amide bonds. The van der Waals surface area contributed by atoms with Crippen LogP contribution >= 0.6 is 0 Å². The van der Waals surface area contributed by atoms with E-state index in [0.29, 0.717) is 19.0 Å². The molecule has 10 heteroatoms. The Balaban J connectivity index is 1.49. The Hall–Kier alpha value is -2.52. The van der Waals surface area contributed by atoms with E-state index in [4.69, 9.17) is 4.74 Å². The van der Waals surface area contributed by atoms with Crippen LogP contribution in [0.2, 0.25) is 0 Å². The number of hydrogen-bond acceptors (Lipinski definition) is 4. The normalized spacial score (nSPS) is 20.2. The van der Waals surface area contributed by atoms with Crippen LogP contribution in [0.15, 0.2) is 23.3 Å². The van der Waals surface area contributed by atoms with Gasteiger partial charge in [-0.25, -0.2) is 9.98 Å². The van der Waals surface area contributed by atoms with Crippen LogP contribution in [0.1, 0.15) is 44.6 Å². The first-order chi connectivity index (χ1) is 14.9. The Morgan fingerprint density at radius 3 is 2.81 bits per heavy atom. The van der Waals surface area contributed by atoms with Gasteiger partial charge in [0.05, 0.1) is 6.54 Å². The summed E-state index contributed by atoms with van der Waals surface area (Å²) in [6.07, 6.45) is 1.82. The molecule has 0 radical (unpaired) electrons. The molecule has 2 fully saturated rings. The van der Waals surface area contributed by atoms with Gasteiger partial charge >= 0.3 is 6.18 Å². The number of halogens is 3. The summed E-state index contributed by atoms with van der Waals surface area (Å²) in [5.74, 6) is 0.544. The molecule has 0 bridgehead atoms. The zero-order chi connectivity index (χ0) is 22.3. The fraction of sp³-hybridized carbons (Fsp3) is 0.667. The Morgan fingerprint density at radius 1 is 1.32 bits per heavy atom. The molecule has 1 atom stereocenters. The number of amides is 1. The summed E-state index contributed by atoms with van der Waals surface area (Å²) in [4.78, 5) is 22.6. The van der Waals surface area contributed by atoms with Gasteiger partial charge in [-0.1, -0.05) is 12.8 Å². The quantitative estimate of drug-likeness (QED) is 0.387. The van der Waals surface area contributed by atoms with E-state index in [1.54, 1.807) is 0 Å². The predicted molar refractivity (Wildman–Crippen MR) is 111 cm³/mol. The third kappa shape index (κ3) is 6.48. The van der Waals surface area contributed by atoms with Gasteiger partial charge in [0.25, 0.3) is 0 Å². The molecule has 1 aliphatic heterocycles. The first-order valence-corrected chi connectivity index (χ1v) is 10.9. The third-order valence-corrected chi connectivity index (χ3v) is 5.57. The van der Waals surface area contributed by atoms with Gasteiger partial charge in [0.2, 0.25) is 11.8 Å². The average molecular weight is 441 g/mol. The number of carbonyl (C=O) groups is 1. The molecule has 31 heavy (non-hydrogen) atoms. The van der Waals surface area contributed by atoms with Gasteiger partial charge in [-0.2, -0.15) is 13.2 Å². The maximum atomic E-state index is 13.0. The molecule has 1 aromatic rings. The summed E-state index contributed by atoms with van der Waals surface area (Å²) in [5.41, 5.74) is -0.901. The average Bonchev–Trinajstić information content (AvgIpc) is 3.43. The molecule has 0 aromatic carbocycles. The Kier molecular flexibility index (Phi) is 7.97. The number of aromatic nitrogens is 1. The number of pyridine rings is 1. The van der Waals surface area contributed by atoms with Crippen LogP contribution in [0, 0.1) is 5.92 Å². The number of nitrogens with zero attached hydrogens (tertiary/aromatic N) is 3. The van der Waals surface area contributed by atoms with Crippen molar-refractivity contribution in [3.05, 3.63) is 23.9 Å². The summed E-state index contributed by atoms with van der Waals surface area (Å²) in [5, 5.41) is 6.45. The molecule has 3 rings (SSSR count). The van der Waals surface area contributed by atoms with Crippen LogP contribution in [-0.4, -0.2) is 60.6 Å². The molecule has 1 saturated carbocycles. The van der Waals surface area contributed by atoms with E-state index in [2.05, 4.69) is 20.6 Å². The maximum absolute atomic E-state index is 13.0. The lowest BCUT2D eigenvalue weighted by molar-refractivity contribution is -0.139. The largest absolute Gasteiger partial charge is 0.475 e. The van der Waals surface area contributed by atoms with Gasteiger partial charge in [0, 0.05) is 37.8 Å². The number of rotatable bonds is 7. The molecular formula is C21H30F3N5O2. The standard InChI is InChI=1S/C21H30F3N5O2/c1-2-25-20(27-11-13-31-18-17(21(22,23)24)8-5-10-26-18)28-16-9-12-29(14-16)19(30)15-6-3-4-7-15/h5,8,10,15-16H,2-4,6-7,9,11-14H2,1H3,(H2,25,27,28). The van der Waals surface area contributed by atoms with Gasteiger partial charge in [-0.3, -0.25) is 4.79 Å². The van der Waals surface area contributed by atoms with Gasteiger partial charge in [0.15, 0.2) is 5.96 Å². The van der Waals surface area contributed by atoms with E-state index in [9.17, 15) is 18.0 Å². The van der Waals surface area contributed by atoms with Gasteiger partial charge < -0.3 is 20.3 Å². The maximum Gasteiger partial charge on any atom is 0.421 e. The lowest BCUT2D eigenvalue weighted by Crippen LogP contribution is -2.45. The summed E-state index contributed by atoms with van der Waals surface area (Å²) in [7, 11) is 0. The number of alkyl halides is 3. The molecule has 172 valence electrons. The Morgan fingerprint density at radius 2 is 2.10 bits per heavy atom. The van der Waals surface area contributed by atoms with Crippen molar-refractivity contribution >= 4 is 11.9 Å². The summed E-state index contributed by atoms with van der Waals surface area (Å²) in [6.45, 7) is 4.08. The fourth-order valence-corrected chi connectivity index (χ4v) is 4.04. The number of aliphatic imine (C=N–C) groups is 1. The molecule has 1 aliphatic carbocycles. The summed E-state index contributed by atoms with van der Waals surface area (Å²) < 4.78 is 44.2. The number of guanidine groups is 1. The third-order valence-electron chi connectivity index (χ3n) is 5.57. The van der Waals surface area contributed by atoms with E-state index in [0.717, 1.165) is 44.7 Å². The van der Waals surface area contributed by atoms with Crippen molar-refractivity contribution in [2.75, 3.05) is 32.8 Å². The lowest BCUT2D eigenvalue weighted by Gasteiger charge is -2.21. The molecule has 0 spiro atoms. The van der Waals surface area contributed by atoms with E-state index in [1.807, 2.05) is 11.8 Å². The van der Waals surface area contributed by atoms with E-state index >= 15 is 0 Å². The van der Waals surface area contributed by atoms with Gasteiger partial charge in [-0.05, 0) is 38.3 Å². The number of ether oxygens (including phenoxy) is 1. The zero-order valence-electron chi connectivity index (χ0n) is 17.7. The second kappa shape index (κ2) is 10.7. The molecule has 1 aromatic heterocycles. The predicted octanol–water partition coefficient (Wildman–Crippen LogP) is 2.83. The Labute approximate surface area is 180 Å². The minimum Gasteiger partial charge on any atom is -0.475 e. The highest BCUT2D eigenvalue weighted by Gasteiger charge is 2.35. The van der Waals surface area contributed by atoms with Crippen LogP contribution in [0.3, 0.4) is 0 Å². The molecular weight excluding hydrogens is 411 g/mol. The number of carbonyl (C=O) groups excluding carboxylic acids is 1. The lowest BCUT2D eigenvalue weighted by atomic mass is 10.1. The van der Waals surface area contributed by atoms with Crippen LogP contribution in [0.5, 0.6) is 5.88 Å². The molecule has 1 saturated heterocycles. The first kappa shape index (κ1) is 23.1. The van der Waals surface area contributed by atoms with E-state index < -0.39 is 17.6 Å². The van der Waals surface area contributed by atoms with Crippen LogP contribution < -0.4 is 15.4 Å². The minimum atomic E-state index is -4.52. The number of nitrogens with one attached hydrogen (secondary N) is 2. The minimum absolute atomic E-state index is 0.0341. The van der Waals surface area contributed by atoms with E-state index in [1.165, 1.54) is 12.3 Å². The molecule has 2 aliphatic rings. The smallest absolute Gasteiger partial charge is 0.421 e. The van der Waals surface area contributed by atoms with Crippen LogP contribution in [-0.2, 0) is 11.0 Å². The SMILES string of the molecule is CCNC(=NCCOc1ncccc1C(F)(F)F)NC1CCN(C(=O)C2CCCC2)C1. The van der Waals surface area contributed by atoms with Gasteiger partial charge in [-0.15, -0.1) is 0 Å². The molecule has 1 unspecified atom stereocenters. The van der Waals surface area contributed by atoms with Crippen molar-refractivity contribution in [1.82, 2.24) is 20.5 Å². The number of likely N-dealkylation sites (tertiary alicyclic amines) is 1. The van der Waals surface area contributed by atoms with E-state index in [-0.39, 0.29) is 31.0 Å². The number of hydrogen-bond donors (Lipinski definition) is 2. The molecule has 2 N–H and O–H groups in total. The fourth-order valence-electron chi connectivity index (χ4n) is 4.04. The van der Waals surface area contributed by atoms with Crippen molar-refractivity contribution in [2.24, 2.45) is 10.9 Å². The van der Waals surface area contributed by atoms with Crippen molar-refractivity contribution in [1.29, 1.82) is 0 Å². The molecule has 2 heterocycles. The molecule has 7 nitrogen and oxygen atoms in total. The van der Waals surface area contributed by atoms with Crippen molar-refractivity contribution in [3.8, 4) is 5.88 Å². The first-order valence-electron chi connectivity index (χ1n) is 10.9. The summed E-state index contributed by atoms with van der Waals surface area (Å²) in [6, 6.07) is 2.26. The highest BCUT2D eigenvalue weighted by atomic mass is 19.4.